The summed E-state index contributed by atoms with van der Waals surface area (Å²) in [4.78, 5) is 19.6. The molecule has 0 saturated carbocycles. The fourth-order valence-corrected chi connectivity index (χ4v) is 4.07. The summed E-state index contributed by atoms with van der Waals surface area (Å²) in [5, 5.41) is 9.61. The molecule has 2 aliphatic rings. The highest BCUT2D eigenvalue weighted by Gasteiger charge is 2.29. The molecule has 1 amide bonds. The van der Waals surface area contributed by atoms with E-state index in [9.17, 15) is 9.90 Å². The fraction of sp³-hybridized carbons (Fsp3) is 0.667. The van der Waals surface area contributed by atoms with E-state index in [-0.39, 0.29) is 18.1 Å². The number of hydrogen-bond acceptors (Lipinski definition) is 7. The number of β-amino-alcohol motifs (C(OH)–C–C–N with tert-alkyl or cyclic N) is 1. The molecule has 3 rings (SSSR count). The molecule has 1 N–H and O–H groups in total. The topological polar surface area (TPSA) is 74.7 Å². The quantitative estimate of drug-likeness (QED) is 0.707. The lowest BCUT2D eigenvalue weighted by atomic mass is 10.1. The van der Waals surface area contributed by atoms with E-state index in [0.29, 0.717) is 43.3 Å². The molecule has 0 spiro atoms. The van der Waals surface area contributed by atoms with Gasteiger partial charge in [-0.25, -0.2) is 0 Å². The Hall–Kier alpha value is -1.87. The van der Waals surface area contributed by atoms with Crippen LogP contribution in [0.5, 0.6) is 11.5 Å². The number of methoxy groups -OCH3 is 2. The SMILES string of the molecule is COc1cccc(OC)c1C(=O)N1CCN(C[C@@H]2CN(C[C@H](C)O)CCO2)CC1. The van der Waals surface area contributed by atoms with Crippen LogP contribution < -0.4 is 9.47 Å². The number of aliphatic hydroxyl groups is 1. The average Bonchev–Trinajstić information content (AvgIpc) is 2.73. The normalized spacial score (nSPS) is 22.3. The number of rotatable bonds is 7. The van der Waals surface area contributed by atoms with Gasteiger partial charge in [0.15, 0.2) is 0 Å². The smallest absolute Gasteiger partial charge is 0.261 e. The first-order valence-corrected chi connectivity index (χ1v) is 10.3. The van der Waals surface area contributed by atoms with Gasteiger partial charge in [-0.2, -0.15) is 0 Å². The van der Waals surface area contributed by atoms with Crippen LogP contribution in [-0.4, -0.2) is 111 Å². The van der Waals surface area contributed by atoms with Crippen LogP contribution in [0, 0.1) is 0 Å². The molecule has 1 aromatic rings. The second kappa shape index (κ2) is 10.2. The van der Waals surface area contributed by atoms with Crippen molar-refractivity contribution >= 4 is 5.91 Å². The van der Waals surface area contributed by atoms with Gasteiger partial charge in [0.25, 0.3) is 5.91 Å². The molecule has 8 heteroatoms. The monoisotopic (exact) mass is 407 g/mol. The lowest BCUT2D eigenvalue weighted by molar-refractivity contribution is -0.0551. The van der Waals surface area contributed by atoms with Gasteiger partial charge >= 0.3 is 0 Å². The maximum absolute atomic E-state index is 13.1. The standard InChI is InChI=1S/C21H33N3O5/c1-16(25)13-23-11-12-29-17(15-23)14-22-7-9-24(10-8-22)21(26)20-18(27-2)5-4-6-19(20)28-3/h4-6,16-17,25H,7-15H2,1-3H3/t16-,17+/m0/s1. The third-order valence-electron chi connectivity index (χ3n) is 5.51. The van der Waals surface area contributed by atoms with E-state index >= 15 is 0 Å². The number of carbonyl (C=O) groups excluding carboxylic acids is 1. The molecule has 2 heterocycles. The third kappa shape index (κ3) is 5.60. The highest BCUT2D eigenvalue weighted by molar-refractivity contribution is 5.99. The Balaban J connectivity index is 1.54. The van der Waals surface area contributed by atoms with Crippen LogP contribution in [0.15, 0.2) is 18.2 Å². The van der Waals surface area contributed by atoms with E-state index in [2.05, 4.69) is 9.80 Å². The van der Waals surface area contributed by atoms with Crippen molar-refractivity contribution in [2.24, 2.45) is 0 Å². The molecule has 0 radical (unpaired) electrons. The van der Waals surface area contributed by atoms with E-state index < -0.39 is 0 Å². The van der Waals surface area contributed by atoms with Gasteiger partial charge in [-0.05, 0) is 19.1 Å². The van der Waals surface area contributed by atoms with E-state index in [1.807, 2.05) is 17.9 Å². The number of piperazine rings is 1. The predicted molar refractivity (Wildman–Crippen MR) is 110 cm³/mol. The first kappa shape index (κ1) is 21.8. The molecule has 1 aromatic carbocycles. The molecule has 2 aliphatic heterocycles. The van der Waals surface area contributed by atoms with Gasteiger partial charge in [-0.1, -0.05) is 6.07 Å². The molecule has 2 atom stereocenters. The minimum Gasteiger partial charge on any atom is -0.496 e. The summed E-state index contributed by atoms with van der Waals surface area (Å²) >= 11 is 0. The largest absolute Gasteiger partial charge is 0.496 e. The predicted octanol–water partition coefficient (Wildman–Crippen LogP) is 0.543. The highest BCUT2D eigenvalue weighted by atomic mass is 16.5. The van der Waals surface area contributed by atoms with Crippen molar-refractivity contribution in [1.82, 2.24) is 14.7 Å². The van der Waals surface area contributed by atoms with Crippen molar-refractivity contribution in [2.75, 3.05) is 73.2 Å². The first-order chi connectivity index (χ1) is 14.0. The molecule has 2 fully saturated rings. The number of amides is 1. The van der Waals surface area contributed by atoms with Crippen molar-refractivity contribution in [3.8, 4) is 11.5 Å². The second-order valence-corrected chi connectivity index (χ2v) is 7.73. The van der Waals surface area contributed by atoms with Crippen molar-refractivity contribution in [2.45, 2.75) is 19.1 Å². The van der Waals surface area contributed by atoms with Crippen molar-refractivity contribution in [3.63, 3.8) is 0 Å². The number of hydrogen-bond donors (Lipinski definition) is 1. The Morgan fingerprint density at radius 1 is 1.14 bits per heavy atom. The molecule has 0 unspecified atom stereocenters. The van der Waals surface area contributed by atoms with Crippen molar-refractivity contribution < 1.29 is 24.1 Å². The fourth-order valence-electron chi connectivity index (χ4n) is 4.07. The van der Waals surface area contributed by atoms with Gasteiger partial charge < -0.3 is 24.2 Å². The van der Waals surface area contributed by atoms with E-state index in [0.717, 1.165) is 32.7 Å². The van der Waals surface area contributed by atoms with Gasteiger partial charge in [-0.15, -0.1) is 0 Å². The molecule has 0 aliphatic carbocycles. The lowest BCUT2D eigenvalue weighted by Crippen LogP contribution is -2.54. The molecule has 2 saturated heterocycles. The summed E-state index contributed by atoms with van der Waals surface area (Å²) < 4.78 is 16.7. The van der Waals surface area contributed by atoms with E-state index in [1.54, 1.807) is 26.4 Å². The minimum absolute atomic E-state index is 0.0593. The number of carbonyl (C=O) groups is 1. The Morgan fingerprint density at radius 2 is 1.79 bits per heavy atom. The zero-order chi connectivity index (χ0) is 20.8. The van der Waals surface area contributed by atoms with Crippen LogP contribution in [0.4, 0.5) is 0 Å². The first-order valence-electron chi connectivity index (χ1n) is 10.3. The van der Waals surface area contributed by atoms with Gasteiger partial charge in [0, 0.05) is 52.4 Å². The second-order valence-electron chi connectivity index (χ2n) is 7.73. The molecule has 0 bridgehead atoms. The van der Waals surface area contributed by atoms with E-state index in [1.165, 1.54) is 0 Å². The zero-order valence-electron chi connectivity index (χ0n) is 17.7. The van der Waals surface area contributed by atoms with Crippen LogP contribution in [0.2, 0.25) is 0 Å². The highest BCUT2D eigenvalue weighted by Crippen LogP contribution is 2.29. The number of ether oxygens (including phenoxy) is 3. The van der Waals surface area contributed by atoms with Crippen molar-refractivity contribution in [1.29, 1.82) is 0 Å². The molecule has 8 nitrogen and oxygen atoms in total. The Bertz CT molecular complexity index is 654. The van der Waals surface area contributed by atoms with Crippen LogP contribution in [0.1, 0.15) is 17.3 Å². The summed E-state index contributed by atoms with van der Waals surface area (Å²) in [5.74, 6) is 1.01. The summed E-state index contributed by atoms with van der Waals surface area (Å²) in [5.41, 5.74) is 0.482. The number of morpholine rings is 1. The van der Waals surface area contributed by atoms with Gasteiger partial charge in [0.1, 0.15) is 17.1 Å². The molecular weight excluding hydrogens is 374 g/mol. The minimum atomic E-state index is -0.324. The Kier molecular flexibility index (Phi) is 7.71. The Labute approximate surface area is 172 Å². The summed E-state index contributed by atoms with van der Waals surface area (Å²) in [6, 6.07) is 5.38. The number of aliphatic hydroxyl groups excluding tert-OH is 1. The molecular formula is C21H33N3O5. The van der Waals surface area contributed by atoms with Crippen LogP contribution in [-0.2, 0) is 4.74 Å². The zero-order valence-corrected chi connectivity index (χ0v) is 17.7. The van der Waals surface area contributed by atoms with Gasteiger partial charge in [0.2, 0.25) is 0 Å². The van der Waals surface area contributed by atoms with E-state index in [4.69, 9.17) is 14.2 Å². The lowest BCUT2D eigenvalue weighted by Gasteiger charge is -2.39. The van der Waals surface area contributed by atoms with Crippen LogP contribution in [0.3, 0.4) is 0 Å². The molecule has 162 valence electrons. The molecule has 29 heavy (non-hydrogen) atoms. The van der Waals surface area contributed by atoms with Crippen LogP contribution >= 0.6 is 0 Å². The van der Waals surface area contributed by atoms with Gasteiger partial charge in [-0.3, -0.25) is 14.6 Å². The Morgan fingerprint density at radius 3 is 2.38 bits per heavy atom. The van der Waals surface area contributed by atoms with Gasteiger partial charge in [0.05, 0.1) is 33.0 Å². The maximum atomic E-state index is 13.1. The summed E-state index contributed by atoms with van der Waals surface area (Å²) in [7, 11) is 3.13. The summed E-state index contributed by atoms with van der Waals surface area (Å²) in [6.07, 6.45) is -0.186. The van der Waals surface area contributed by atoms with Crippen molar-refractivity contribution in [3.05, 3.63) is 23.8 Å². The average molecular weight is 408 g/mol. The molecule has 0 aromatic heterocycles. The summed E-state index contributed by atoms with van der Waals surface area (Å²) in [6.45, 7) is 8.67. The number of nitrogens with zero attached hydrogens (tertiary/aromatic N) is 3. The third-order valence-corrected chi connectivity index (χ3v) is 5.51. The number of benzene rings is 1. The van der Waals surface area contributed by atoms with Crippen LogP contribution in [0.25, 0.3) is 0 Å². The maximum Gasteiger partial charge on any atom is 0.261 e.